The lowest BCUT2D eigenvalue weighted by Crippen LogP contribution is -2.39. The molecule has 0 radical (unpaired) electrons. The Balaban J connectivity index is 1.96. The Morgan fingerprint density at radius 2 is 2.13 bits per heavy atom. The summed E-state index contributed by atoms with van der Waals surface area (Å²) in [6.07, 6.45) is 1.29. The number of rotatable bonds is 6. The molecule has 0 bridgehead atoms. The zero-order valence-electron chi connectivity index (χ0n) is 16.7. The number of nitrogens with one attached hydrogen (secondary N) is 1. The number of nitrogens with zero attached hydrogens (tertiary/aromatic N) is 2. The Hall–Kier alpha value is -2.56. The number of hydrogen-bond donors (Lipinski definition) is 2. The van der Waals surface area contributed by atoms with E-state index >= 15 is 0 Å². The van der Waals surface area contributed by atoms with Gasteiger partial charge in [0.05, 0.1) is 34.7 Å². The summed E-state index contributed by atoms with van der Waals surface area (Å²) in [6.45, 7) is 3.27. The topological polar surface area (TPSA) is 118 Å². The average Bonchev–Trinajstić information content (AvgIpc) is 2.70. The summed E-state index contributed by atoms with van der Waals surface area (Å²) < 4.78 is 38.2. The number of anilines is 1. The van der Waals surface area contributed by atoms with Gasteiger partial charge in [0.15, 0.2) is 0 Å². The maximum atomic E-state index is 13.2. The van der Waals surface area contributed by atoms with Crippen molar-refractivity contribution in [3.63, 3.8) is 0 Å². The van der Waals surface area contributed by atoms with Gasteiger partial charge < -0.3 is 19.9 Å². The molecule has 0 fully saturated rings. The molecule has 1 aromatic carbocycles. The quantitative estimate of drug-likeness (QED) is 0.682. The van der Waals surface area contributed by atoms with E-state index in [1.165, 1.54) is 37.6 Å². The summed E-state index contributed by atoms with van der Waals surface area (Å²) >= 11 is 6.09. The number of benzene rings is 1. The first-order valence-corrected chi connectivity index (χ1v) is 10.8. The van der Waals surface area contributed by atoms with Crippen molar-refractivity contribution < 1.29 is 27.8 Å². The van der Waals surface area contributed by atoms with E-state index in [9.17, 15) is 18.3 Å². The van der Waals surface area contributed by atoms with E-state index in [4.69, 9.17) is 21.1 Å². The lowest BCUT2D eigenvalue weighted by atomic mass is 10.1. The summed E-state index contributed by atoms with van der Waals surface area (Å²) in [4.78, 5) is 16.5. The van der Waals surface area contributed by atoms with E-state index in [1.54, 1.807) is 13.8 Å². The molecule has 1 aromatic heterocycles. The highest BCUT2D eigenvalue weighted by Gasteiger charge is 2.32. The third-order valence-corrected chi connectivity index (χ3v) is 6.39. The van der Waals surface area contributed by atoms with Gasteiger partial charge in [0, 0.05) is 12.7 Å². The number of fused-ring (bicyclic) bond motifs is 1. The van der Waals surface area contributed by atoms with Crippen LogP contribution in [0.1, 0.15) is 24.2 Å². The number of ether oxygens (including phenoxy) is 2. The Morgan fingerprint density at radius 3 is 2.77 bits per heavy atom. The van der Waals surface area contributed by atoms with Crippen molar-refractivity contribution >= 4 is 33.2 Å². The van der Waals surface area contributed by atoms with E-state index in [-0.39, 0.29) is 46.7 Å². The predicted molar refractivity (Wildman–Crippen MR) is 111 cm³/mol. The second kappa shape index (κ2) is 8.29. The number of pyridine rings is 1. The van der Waals surface area contributed by atoms with Crippen molar-refractivity contribution in [1.29, 1.82) is 0 Å². The maximum absolute atomic E-state index is 13.2. The smallest absolute Gasteiger partial charge is 0.264 e. The van der Waals surface area contributed by atoms with Gasteiger partial charge in [-0.05, 0) is 38.1 Å². The number of halogens is 1. The van der Waals surface area contributed by atoms with E-state index in [0.717, 1.165) is 4.31 Å². The van der Waals surface area contributed by atoms with Crippen LogP contribution >= 0.6 is 11.6 Å². The molecular formula is C19H22ClN3O6S. The zero-order valence-corrected chi connectivity index (χ0v) is 18.2. The normalized spacial score (nSPS) is 14.0. The predicted octanol–water partition coefficient (Wildman–Crippen LogP) is 1.83. The van der Waals surface area contributed by atoms with Crippen molar-refractivity contribution in [1.82, 2.24) is 10.3 Å². The summed E-state index contributed by atoms with van der Waals surface area (Å²) in [5.41, 5.74) is -0.816. The molecule has 11 heteroatoms. The molecule has 30 heavy (non-hydrogen) atoms. The minimum atomic E-state index is -4.00. The molecule has 3 rings (SSSR count). The molecule has 162 valence electrons. The minimum Gasteiger partial charge on any atom is -0.495 e. The Labute approximate surface area is 179 Å². The molecule has 0 aliphatic carbocycles. The second-order valence-corrected chi connectivity index (χ2v) is 9.53. The fourth-order valence-corrected chi connectivity index (χ4v) is 4.57. The highest BCUT2D eigenvalue weighted by Crippen LogP contribution is 2.36. The maximum Gasteiger partial charge on any atom is 0.264 e. The SMILES string of the molecule is COc1ccc(S(=O)(=O)N2CCOc3ncc(C(=O)NCC(C)(C)O)cc32)cc1Cl. The summed E-state index contributed by atoms with van der Waals surface area (Å²) in [7, 11) is -2.56. The number of sulfonamides is 1. The van der Waals surface area contributed by atoms with Crippen molar-refractivity contribution in [2.75, 3.05) is 31.1 Å². The number of aromatic nitrogens is 1. The molecule has 0 unspecified atom stereocenters. The molecule has 0 spiro atoms. The Kier molecular flexibility index (Phi) is 6.11. The standard InChI is InChI=1S/C19H22ClN3O6S/c1-19(2,25)11-22-17(24)12-8-15-18(21-10-12)29-7-6-23(15)30(26,27)13-4-5-16(28-3)14(20)9-13/h4-5,8-10,25H,6-7,11H2,1-3H3,(H,22,24). The zero-order chi connectivity index (χ0) is 22.1. The van der Waals surface area contributed by atoms with Crippen LogP contribution in [-0.2, 0) is 10.0 Å². The van der Waals surface area contributed by atoms with Crippen LogP contribution in [-0.4, -0.2) is 56.8 Å². The summed E-state index contributed by atoms with van der Waals surface area (Å²) in [5, 5.41) is 12.5. The number of aliphatic hydroxyl groups is 1. The highest BCUT2D eigenvalue weighted by molar-refractivity contribution is 7.92. The highest BCUT2D eigenvalue weighted by atomic mass is 35.5. The number of carbonyl (C=O) groups excluding carboxylic acids is 1. The van der Waals surface area contributed by atoms with Crippen molar-refractivity contribution in [3.05, 3.63) is 41.0 Å². The van der Waals surface area contributed by atoms with Gasteiger partial charge in [0.25, 0.3) is 15.9 Å². The molecule has 0 saturated carbocycles. The Morgan fingerprint density at radius 1 is 1.40 bits per heavy atom. The molecule has 9 nitrogen and oxygen atoms in total. The van der Waals surface area contributed by atoms with Gasteiger partial charge in [-0.2, -0.15) is 0 Å². The van der Waals surface area contributed by atoms with Crippen molar-refractivity contribution in [2.24, 2.45) is 0 Å². The van der Waals surface area contributed by atoms with Crippen LogP contribution in [0.5, 0.6) is 11.6 Å². The van der Waals surface area contributed by atoms with Crippen LogP contribution in [0.3, 0.4) is 0 Å². The fraction of sp³-hybridized carbons (Fsp3) is 0.368. The molecule has 0 atom stereocenters. The van der Waals surface area contributed by atoms with E-state index in [0.29, 0.717) is 5.75 Å². The van der Waals surface area contributed by atoms with Crippen LogP contribution < -0.4 is 19.1 Å². The van der Waals surface area contributed by atoms with E-state index in [1.807, 2.05) is 0 Å². The van der Waals surface area contributed by atoms with Crippen LogP contribution in [0.25, 0.3) is 0 Å². The fourth-order valence-electron chi connectivity index (χ4n) is 2.78. The third-order valence-electron chi connectivity index (χ3n) is 4.29. The molecule has 1 aliphatic rings. The summed E-state index contributed by atoms with van der Waals surface area (Å²) in [5.74, 6) is -0.0447. The Bertz CT molecular complexity index is 1070. The second-order valence-electron chi connectivity index (χ2n) is 7.27. The minimum absolute atomic E-state index is 0.0196. The first kappa shape index (κ1) is 22.1. The van der Waals surface area contributed by atoms with Crippen molar-refractivity contribution in [2.45, 2.75) is 24.3 Å². The van der Waals surface area contributed by atoms with Gasteiger partial charge in [-0.25, -0.2) is 13.4 Å². The average molecular weight is 456 g/mol. The summed E-state index contributed by atoms with van der Waals surface area (Å²) in [6, 6.07) is 5.56. The van der Waals surface area contributed by atoms with Gasteiger partial charge in [-0.3, -0.25) is 9.10 Å². The largest absolute Gasteiger partial charge is 0.495 e. The monoisotopic (exact) mass is 455 g/mol. The lowest BCUT2D eigenvalue weighted by Gasteiger charge is -2.30. The van der Waals surface area contributed by atoms with Gasteiger partial charge in [-0.1, -0.05) is 11.6 Å². The van der Waals surface area contributed by atoms with Crippen LogP contribution in [0.4, 0.5) is 5.69 Å². The number of hydrogen-bond acceptors (Lipinski definition) is 7. The lowest BCUT2D eigenvalue weighted by molar-refractivity contribution is 0.0694. The number of carbonyl (C=O) groups is 1. The third kappa shape index (κ3) is 4.61. The molecule has 2 N–H and O–H groups in total. The molecule has 0 saturated heterocycles. The molecule has 2 aromatic rings. The van der Waals surface area contributed by atoms with Gasteiger partial charge in [0.1, 0.15) is 18.0 Å². The van der Waals surface area contributed by atoms with Crippen LogP contribution in [0.15, 0.2) is 35.4 Å². The van der Waals surface area contributed by atoms with E-state index in [2.05, 4.69) is 10.3 Å². The van der Waals surface area contributed by atoms with Crippen LogP contribution in [0.2, 0.25) is 5.02 Å². The van der Waals surface area contributed by atoms with Gasteiger partial charge >= 0.3 is 0 Å². The number of amides is 1. The molecule has 1 aliphatic heterocycles. The first-order chi connectivity index (χ1) is 14.0. The molecular weight excluding hydrogens is 434 g/mol. The molecule has 1 amide bonds. The van der Waals surface area contributed by atoms with E-state index < -0.39 is 21.5 Å². The van der Waals surface area contributed by atoms with Gasteiger partial charge in [-0.15, -0.1) is 0 Å². The van der Waals surface area contributed by atoms with Crippen LogP contribution in [0, 0.1) is 0 Å². The number of methoxy groups -OCH3 is 1. The first-order valence-electron chi connectivity index (χ1n) is 9.02. The van der Waals surface area contributed by atoms with Crippen molar-refractivity contribution in [3.8, 4) is 11.6 Å². The van der Waals surface area contributed by atoms with Gasteiger partial charge in [0.2, 0.25) is 5.88 Å². The molecule has 2 heterocycles.